The number of carbonyl (C=O) groups is 1. The molecule has 0 aliphatic carbocycles. The van der Waals surface area contributed by atoms with Gasteiger partial charge in [0.25, 0.3) is 15.9 Å². The summed E-state index contributed by atoms with van der Waals surface area (Å²) in [4.78, 5) is 12.7. The second kappa shape index (κ2) is 11.2. The van der Waals surface area contributed by atoms with Crippen molar-refractivity contribution in [2.75, 3.05) is 32.2 Å². The summed E-state index contributed by atoms with van der Waals surface area (Å²) in [5.41, 5.74) is 3.25. The van der Waals surface area contributed by atoms with E-state index in [9.17, 15) is 13.2 Å². The third-order valence-corrected chi connectivity index (χ3v) is 6.59. The summed E-state index contributed by atoms with van der Waals surface area (Å²) >= 11 is 0. The fourth-order valence-corrected chi connectivity index (χ4v) is 4.58. The summed E-state index contributed by atoms with van der Waals surface area (Å²) in [6.07, 6.45) is 1.39. The Morgan fingerprint density at radius 3 is 2.24 bits per heavy atom. The first kappa shape index (κ1) is 24.6. The molecule has 1 amide bonds. The van der Waals surface area contributed by atoms with Crippen LogP contribution in [0, 0.1) is 0 Å². The molecular weight excluding hydrogens is 458 g/mol. The lowest BCUT2D eigenvalue weighted by atomic mass is 10.2. The van der Waals surface area contributed by atoms with E-state index in [0.717, 1.165) is 4.31 Å². The molecule has 9 nitrogen and oxygen atoms in total. The molecule has 0 fully saturated rings. The molecule has 3 aromatic rings. The first-order chi connectivity index (χ1) is 16.4. The summed E-state index contributed by atoms with van der Waals surface area (Å²) in [5, 5.41) is 3.95. The Bertz CT molecular complexity index is 1250. The second-order valence-electron chi connectivity index (χ2n) is 6.90. The minimum Gasteiger partial charge on any atom is -0.497 e. The van der Waals surface area contributed by atoms with Crippen LogP contribution in [0.2, 0.25) is 0 Å². The van der Waals surface area contributed by atoms with Crippen LogP contribution in [-0.4, -0.2) is 48.4 Å². The number of para-hydroxylation sites is 1. The molecule has 0 saturated carbocycles. The highest BCUT2D eigenvalue weighted by molar-refractivity contribution is 7.92. The van der Waals surface area contributed by atoms with Crippen LogP contribution in [0.25, 0.3) is 0 Å². The van der Waals surface area contributed by atoms with Crippen LogP contribution in [-0.2, 0) is 14.8 Å². The molecule has 10 heteroatoms. The lowest BCUT2D eigenvalue weighted by molar-refractivity contribution is -0.119. The van der Waals surface area contributed by atoms with Gasteiger partial charge in [0.2, 0.25) is 0 Å². The number of hydrogen-bond donors (Lipinski definition) is 1. The van der Waals surface area contributed by atoms with E-state index in [2.05, 4.69) is 10.5 Å². The third-order valence-electron chi connectivity index (χ3n) is 4.81. The maximum absolute atomic E-state index is 13.3. The molecule has 1 N–H and O–H groups in total. The largest absolute Gasteiger partial charge is 0.497 e. The molecule has 0 saturated heterocycles. The number of anilines is 1. The predicted octanol–water partition coefficient (Wildman–Crippen LogP) is 3.06. The van der Waals surface area contributed by atoms with Crippen molar-refractivity contribution in [1.82, 2.24) is 5.43 Å². The number of nitrogens with one attached hydrogen (secondary N) is 1. The van der Waals surface area contributed by atoms with Gasteiger partial charge in [0.15, 0.2) is 11.5 Å². The van der Waals surface area contributed by atoms with Crippen molar-refractivity contribution in [2.24, 2.45) is 5.10 Å². The number of hydrogen-bond acceptors (Lipinski definition) is 7. The van der Waals surface area contributed by atoms with Crippen LogP contribution in [0.3, 0.4) is 0 Å². The summed E-state index contributed by atoms with van der Waals surface area (Å²) in [6.45, 7) is -0.490. The number of rotatable bonds is 10. The monoisotopic (exact) mass is 483 g/mol. The highest BCUT2D eigenvalue weighted by atomic mass is 32.2. The van der Waals surface area contributed by atoms with Gasteiger partial charge in [0, 0.05) is 5.56 Å². The van der Waals surface area contributed by atoms with E-state index >= 15 is 0 Å². The Labute approximate surface area is 198 Å². The van der Waals surface area contributed by atoms with Crippen molar-refractivity contribution in [2.45, 2.75) is 4.90 Å². The van der Waals surface area contributed by atoms with Crippen molar-refractivity contribution in [1.29, 1.82) is 0 Å². The van der Waals surface area contributed by atoms with Gasteiger partial charge in [-0.3, -0.25) is 9.10 Å². The van der Waals surface area contributed by atoms with E-state index in [1.807, 2.05) is 0 Å². The number of sulfonamides is 1. The van der Waals surface area contributed by atoms with Crippen LogP contribution in [0.4, 0.5) is 5.69 Å². The zero-order valence-corrected chi connectivity index (χ0v) is 19.8. The number of nitrogens with zero attached hydrogens (tertiary/aromatic N) is 2. The van der Waals surface area contributed by atoms with Crippen LogP contribution < -0.4 is 23.9 Å². The van der Waals surface area contributed by atoms with Crippen molar-refractivity contribution in [3.63, 3.8) is 0 Å². The van der Waals surface area contributed by atoms with Gasteiger partial charge in [-0.2, -0.15) is 5.10 Å². The van der Waals surface area contributed by atoms with Crippen molar-refractivity contribution in [3.05, 3.63) is 78.4 Å². The Kier molecular flexibility index (Phi) is 8.10. The summed E-state index contributed by atoms with van der Waals surface area (Å²) in [5.74, 6) is 0.891. The normalized spacial score (nSPS) is 11.1. The quantitative estimate of drug-likeness (QED) is 0.351. The maximum atomic E-state index is 13.3. The van der Waals surface area contributed by atoms with Gasteiger partial charge in [0.1, 0.15) is 12.3 Å². The third kappa shape index (κ3) is 5.65. The minimum atomic E-state index is -4.02. The van der Waals surface area contributed by atoms with Crippen molar-refractivity contribution < 1.29 is 27.4 Å². The SMILES string of the molecule is COc1ccc(N(CC(=O)NN=Cc2cccc(OC)c2OC)S(=O)(=O)c2ccccc2)cc1. The summed E-state index contributed by atoms with van der Waals surface area (Å²) in [7, 11) is 0.498. The van der Waals surface area contributed by atoms with E-state index in [0.29, 0.717) is 28.5 Å². The Hall–Kier alpha value is -4.05. The molecule has 0 aliphatic rings. The molecule has 0 spiro atoms. The van der Waals surface area contributed by atoms with E-state index in [-0.39, 0.29) is 4.90 Å². The summed E-state index contributed by atoms with van der Waals surface area (Å²) < 4.78 is 43.4. The van der Waals surface area contributed by atoms with Gasteiger partial charge in [-0.25, -0.2) is 13.8 Å². The van der Waals surface area contributed by atoms with Crippen molar-refractivity contribution in [3.8, 4) is 17.2 Å². The first-order valence-corrected chi connectivity index (χ1v) is 11.6. The standard InChI is InChI=1S/C24H25N3O6S/c1-31-20-14-12-19(13-15-20)27(34(29,30)21-9-5-4-6-10-21)17-23(28)26-25-16-18-8-7-11-22(32-2)24(18)33-3/h4-16H,17H2,1-3H3,(H,26,28). The molecule has 178 valence electrons. The first-order valence-electron chi connectivity index (χ1n) is 10.2. The molecule has 34 heavy (non-hydrogen) atoms. The van der Waals surface area contributed by atoms with Gasteiger partial charge >= 0.3 is 0 Å². The van der Waals surface area contributed by atoms with Crippen LogP contribution >= 0.6 is 0 Å². The number of methoxy groups -OCH3 is 3. The average molecular weight is 484 g/mol. The van der Waals surface area contributed by atoms with Crippen molar-refractivity contribution >= 4 is 27.8 Å². The maximum Gasteiger partial charge on any atom is 0.264 e. The fourth-order valence-electron chi connectivity index (χ4n) is 3.14. The van der Waals surface area contributed by atoms with Crippen LogP contribution in [0.1, 0.15) is 5.56 Å². The Morgan fingerprint density at radius 1 is 0.912 bits per heavy atom. The molecule has 0 bridgehead atoms. The second-order valence-corrected chi connectivity index (χ2v) is 8.76. The van der Waals surface area contributed by atoms with E-state index < -0.39 is 22.5 Å². The fraction of sp³-hybridized carbons (Fsp3) is 0.167. The molecule has 3 aromatic carbocycles. The highest BCUT2D eigenvalue weighted by Gasteiger charge is 2.27. The molecule has 0 heterocycles. The lowest BCUT2D eigenvalue weighted by Crippen LogP contribution is -2.39. The molecule has 0 unspecified atom stereocenters. The van der Waals surface area contributed by atoms with Gasteiger partial charge in [-0.05, 0) is 48.5 Å². The number of benzene rings is 3. The van der Waals surface area contributed by atoms with Gasteiger partial charge in [-0.15, -0.1) is 0 Å². The van der Waals surface area contributed by atoms with Crippen LogP contribution in [0.15, 0.2) is 82.8 Å². The number of amides is 1. The van der Waals surface area contributed by atoms with E-state index in [1.54, 1.807) is 60.7 Å². The molecule has 0 aliphatic heterocycles. The van der Waals surface area contributed by atoms with Gasteiger partial charge < -0.3 is 14.2 Å². The van der Waals surface area contributed by atoms with Gasteiger partial charge in [0.05, 0.1) is 38.1 Å². The molecular formula is C24H25N3O6S. The lowest BCUT2D eigenvalue weighted by Gasteiger charge is -2.23. The zero-order chi connectivity index (χ0) is 24.6. The average Bonchev–Trinajstić information content (AvgIpc) is 2.87. The summed E-state index contributed by atoms with van der Waals surface area (Å²) in [6, 6.07) is 19.5. The highest BCUT2D eigenvalue weighted by Crippen LogP contribution is 2.29. The molecule has 0 aromatic heterocycles. The topological polar surface area (TPSA) is 107 Å². The van der Waals surface area contributed by atoms with E-state index in [1.165, 1.54) is 39.7 Å². The Balaban J connectivity index is 1.84. The van der Waals surface area contributed by atoms with Gasteiger partial charge in [-0.1, -0.05) is 24.3 Å². The smallest absolute Gasteiger partial charge is 0.264 e. The molecule has 3 rings (SSSR count). The van der Waals surface area contributed by atoms with E-state index in [4.69, 9.17) is 14.2 Å². The number of hydrazone groups is 1. The molecule has 0 radical (unpaired) electrons. The van der Waals surface area contributed by atoms with Crippen LogP contribution in [0.5, 0.6) is 17.2 Å². The Morgan fingerprint density at radius 2 is 1.62 bits per heavy atom. The zero-order valence-electron chi connectivity index (χ0n) is 19.0. The minimum absolute atomic E-state index is 0.0586. The number of ether oxygens (including phenoxy) is 3. The predicted molar refractivity (Wildman–Crippen MR) is 129 cm³/mol. The molecule has 0 atom stereocenters. The number of carbonyl (C=O) groups excluding carboxylic acids is 1.